The number of amides is 3. The number of nitrogens with zero attached hydrogens (tertiary/aromatic N) is 1. The Labute approximate surface area is 176 Å². The van der Waals surface area contributed by atoms with Gasteiger partial charge >= 0.3 is 12.1 Å². The molecule has 30 heavy (non-hydrogen) atoms. The molecule has 1 aromatic rings. The molecule has 0 unspecified atom stereocenters. The van der Waals surface area contributed by atoms with Crippen LogP contribution in [0.2, 0.25) is 0 Å². The van der Waals surface area contributed by atoms with Crippen molar-refractivity contribution in [3.05, 3.63) is 58.1 Å². The topological polar surface area (TPSA) is 139 Å². The number of rotatable bonds is 8. The van der Waals surface area contributed by atoms with E-state index in [-0.39, 0.29) is 30.2 Å². The van der Waals surface area contributed by atoms with Crippen LogP contribution in [0.25, 0.3) is 0 Å². The Morgan fingerprint density at radius 3 is 2.67 bits per heavy atom. The van der Waals surface area contributed by atoms with Crippen LogP contribution in [0, 0.1) is 5.92 Å². The van der Waals surface area contributed by atoms with Crippen LogP contribution in [-0.4, -0.2) is 46.5 Å². The van der Waals surface area contributed by atoms with Gasteiger partial charge in [0.25, 0.3) is 0 Å². The van der Waals surface area contributed by atoms with E-state index in [0.29, 0.717) is 11.3 Å². The first kappa shape index (κ1) is 21.4. The highest BCUT2D eigenvalue weighted by Gasteiger charge is 2.58. The number of ether oxygens (including phenoxy) is 1. The minimum atomic E-state index is -1.19. The predicted octanol–water partition coefficient (Wildman–Crippen LogP) is 1.73. The number of nitrogens with one attached hydrogen (secondary N) is 1. The summed E-state index contributed by atoms with van der Waals surface area (Å²) in [5.74, 6) is -2.75. The first-order valence-electron chi connectivity index (χ1n) is 9.16. The lowest BCUT2D eigenvalue weighted by molar-refractivity contribution is -0.157. The molecule has 0 aliphatic carbocycles. The standard InChI is InChI=1S/C20H21N3O6S/c1-11(24)22-7-8-30-15-9-14-16(18(25)23(14)17(15)19(26)27)13(10-29-20(21)28)12-5-3-2-4-6-12/h2-8,13-14,16H,9-10H2,1H3,(H2,21,28)(H,22,24)(H,26,27)/b8-7+/t13-,14-,16+/m1/s1. The molecule has 0 radical (unpaired) electrons. The number of hydrogen-bond acceptors (Lipinski definition) is 6. The molecule has 3 rings (SSSR count). The van der Waals surface area contributed by atoms with E-state index >= 15 is 0 Å². The van der Waals surface area contributed by atoms with Gasteiger partial charge in [-0.2, -0.15) is 0 Å². The minimum Gasteiger partial charge on any atom is -0.477 e. The molecule has 0 bridgehead atoms. The smallest absolute Gasteiger partial charge is 0.404 e. The second-order valence-corrected chi connectivity index (χ2v) is 7.85. The Balaban J connectivity index is 1.82. The zero-order valence-electron chi connectivity index (χ0n) is 16.1. The van der Waals surface area contributed by atoms with Crippen molar-refractivity contribution in [1.29, 1.82) is 0 Å². The van der Waals surface area contributed by atoms with Gasteiger partial charge in [-0.25, -0.2) is 9.59 Å². The number of hydrogen-bond donors (Lipinski definition) is 3. The molecule has 4 N–H and O–H groups in total. The monoisotopic (exact) mass is 431 g/mol. The molecule has 1 saturated heterocycles. The zero-order valence-corrected chi connectivity index (χ0v) is 16.9. The van der Waals surface area contributed by atoms with Crippen molar-refractivity contribution in [2.24, 2.45) is 11.7 Å². The molecule has 2 aliphatic rings. The van der Waals surface area contributed by atoms with E-state index in [4.69, 9.17) is 10.5 Å². The van der Waals surface area contributed by atoms with Gasteiger partial charge in [0.15, 0.2) is 0 Å². The number of primary amides is 1. The fourth-order valence-corrected chi connectivity index (χ4v) is 4.66. The van der Waals surface area contributed by atoms with Crippen molar-refractivity contribution < 1.29 is 29.0 Å². The van der Waals surface area contributed by atoms with Crippen LogP contribution in [0.3, 0.4) is 0 Å². The second kappa shape index (κ2) is 9.04. The highest BCUT2D eigenvalue weighted by atomic mass is 32.2. The highest BCUT2D eigenvalue weighted by Crippen LogP contribution is 2.50. The SMILES string of the molecule is CC(=O)N/C=C/SC1=C(C(=O)O)N2C(=O)[C@@H]([C@H](COC(N)=O)c3ccccc3)[C@H]2C1. The van der Waals surface area contributed by atoms with Gasteiger partial charge in [0, 0.05) is 30.4 Å². The van der Waals surface area contributed by atoms with Gasteiger partial charge in [-0.05, 0) is 11.0 Å². The molecule has 10 heteroatoms. The third-order valence-electron chi connectivity index (χ3n) is 5.00. The molecule has 0 spiro atoms. The van der Waals surface area contributed by atoms with Gasteiger partial charge in [-0.3, -0.25) is 9.59 Å². The Kier molecular flexibility index (Phi) is 6.46. The summed E-state index contributed by atoms with van der Waals surface area (Å²) >= 11 is 1.14. The second-order valence-electron chi connectivity index (χ2n) is 6.85. The number of thioether (sulfide) groups is 1. The number of carboxylic acid groups (broad SMARTS) is 1. The number of aliphatic carboxylic acids is 1. The number of β-lactam (4-membered cyclic amide) rings is 1. The maximum atomic E-state index is 13.0. The van der Waals surface area contributed by atoms with Crippen LogP contribution in [0.15, 0.2) is 52.5 Å². The molecule has 0 saturated carbocycles. The summed E-state index contributed by atoms with van der Waals surface area (Å²) in [6.07, 6.45) is 0.837. The largest absolute Gasteiger partial charge is 0.477 e. The van der Waals surface area contributed by atoms with Crippen LogP contribution in [0.5, 0.6) is 0 Å². The van der Waals surface area contributed by atoms with Gasteiger partial charge in [-0.15, -0.1) is 0 Å². The summed E-state index contributed by atoms with van der Waals surface area (Å²) in [6, 6.07) is 8.77. The molecular formula is C20H21N3O6S. The average molecular weight is 431 g/mol. The fourth-order valence-electron chi connectivity index (χ4n) is 3.80. The molecule has 2 aliphatic heterocycles. The number of carbonyl (C=O) groups excluding carboxylic acids is 3. The van der Waals surface area contributed by atoms with E-state index in [1.807, 2.05) is 30.3 Å². The zero-order chi connectivity index (χ0) is 21.8. The number of benzene rings is 1. The molecule has 158 valence electrons. The highest BCUT2D eigenvalue weighted by molar-refractivity contribution is 8.05. The van der Waals surface area contributed by atoms with E-state index < -0.39 is 23.9 Å². The van der Waals surface area contributed by atoms with Crippen LogP contribution in [-0.2, 0) is 19.1 Å². The van der Waals surface area contributed by atoms with Gasteiger partial charge in [0.05, 0.1) is 12.0 Å². The Morgan fingerprint density at radius 2 is 2.07 bits per heavy atom. The normalized spacial score (nSPS) is 21.2. The van der Waals surface area contributed by atoms with Crippen LogP contribution in [0.1, 0.15) is 24.8 Å². The summed E-state index contributed by atoms with van der Waals surface area (Å²) in [6.45, 7) is 1.28. The first-order valence-corrected chi connectivity index (χ1v) is 10.0. The summed E-state index contributed by atoms with van der Waals surface area (Å²) in [7, 11) is 0. The van der Waals surface area contributed by atoms with E-state index in [1.165, 1.54) is 18.0 Å². The Morgan fingerprint density at radius 1 is 1.37 bits per heavy atom. The lowest BCUT2D eigenvalue weighted by atomic mass is 9.74. The number of nitrogens with two attached hydrogens (primary N) is 1. The molecule has 1 fully saturated rings. The number of carbonyl (C=O) groups is 4. The number of fused-ring (bicyclic) bond motifs is 1. The third-order valence-corrected chi connectivity index (χ3v) is 5.92. The Bertz CT molecular complexity index is 930. The van der Waals surface area contributed by atoms with Crippen LogP contribution >= 0.6 is 11.8 Å². The van der Waals surface area contributed by atoms with Gasteiger partial charge in [0.1, 0.15) is 12.3 Å². The molecular weight excluding hydrogens is 410 g/mol. The summed E-state index contributed by atoms with van der Waals surface area (Å²) < 4.78 is 5.00. The van der Waals surface area contributed by atoms with E-state index in [2.05, 4.69) is 5.32 Å². The van der Waals surface area contributed by atoms with Crippen LogP contribution in [0.4, 0.5) is 4.79 Å². The lowest BCUT2D eigenvalue weighted by Gasteiger charge is -2.46. The van der Waals surface area contributed by atoms with Gasteiger partial charge < -0.3 is 25.8 Å². The maximum Gasteiger partial charge on any atom is 0.404 e. The van der Waals surface area contributed by atoms with Gasteiger partial charge in [0.2, 0.25) is 11.8 Å². The van der Waals surface area contributed by atoms with Crippen molar-refractivity contribution >= 4 is 35.6 Å². The van der Waals surface area contributed by atoms with E-state index in [1.54, 1.807) is 5.41 Å². The fraction of sp³-hybridized carbons (Fsp3) is 0.300. The van der Waals surface area contributed by atoms with Crippen molar-refractivity contribution in [2.75, 3.05) is 6.61 Å². The van der Waals surface area contributed by atoms with Crippen molar-refractivity contribution in [2.45, 2.75) is 25.3 Å². The molecule has 3 amide bonds. The summed E-state index contributed by atoms with van der Waals surface area (Å²) in [5.41, 5.74) is 5.86. The first-order chi connectivity index (χ1) is 14.3. The Hall–Kier alpha value is -3.27. The average Bonchev–Trinajstić information content (AvgIpc) is 3.03. The maximum absolute atomic E-state index is 13.0. The molecule has 1 aromatic carbocycles. The van der Waals surface area contributed by atoms with Crippen LogP contribution < -0.4 is 11.1 Å². The summed E-state index contributed by atoms with van der Waals surface area (Å²) in [5, 5.41) is 13.7. The summed E-state index contributed by atoms with van der Waals surface area (Å²) in [4.78, 5) is 48.7. The predicted molar refractivity (Wildman–Crippen MR) is 109 cm³/mol. The minimum absolute atomic E-state index is 0.0543. The quantitative estimate of drug-likeness (QED) is 0.533. The molecule has 2 heterocycles. The number of carboxylic acids is 1. The van der Waals surface area contributed by atoms with Gasteiger partial charge in [-0.1, -0.05) is 42.1 Å². The van der Waals surface area contributed by atoms with Crippen molar-refractivity contribution in [1.82, 2.24) is 10.2 Å². The van der Waals surface area contributed by atoms with E-state index in [9.17, 15) is 24.3 Å². The molecule has 3 atom stereocenters. The molecule has 0 aromatic heterocycles. The van der Waals surface area contributed by atoms with Crippen molar-refractivity contribution in [3.63, 3.8) is 0 Å². The molecule has 9 nitrogen and oxygen atoms in total. The lowest BCUT2D eigenvalue weighted by Crippen LogP contribution is -2.60. The third kappa shape index (κ3) is 4.33. The van der Waals surface area contributed by atoms with Crippen molar-refractivity contribution in [3.8, 4) is 0 Å². The van der Waals surface area contributed by atoms with E-state index in [0.717, 1.165) is 17.3 Å².